The summed E-state index contributed by atoms with van der Waals surface area (Å²) in [6.07, 6.45) is 1.97. The average Bonchev–Trinajstić information content (AvgIpc) is 3.11. The molecule has 0 aromatic carbocycles. The lowest BCUT2D eigenvalue weighted by molar-refractivity contribution is -0.122. The first-order valence-electron chi connectivity index (χ1n) is 6.75. The summed E-state index contributed by atoms with van der Waals surface area (Å²) in [5, 5.41) is 6.95. The van der Waals surface area contributed by atoms with Gasteiger partial charge in [-0.1, -0.05) is 0 Å². The number of amides is 2. The Kier molecular flexibility index (Phi) is 4.89. The van der Waals surface area contributed by atoms with Gasteiger partial charge in [0.05, 0.1) is 6.61 Å². The fraction of sp³-hybridized carbons (Fsp3) is 0.538. The summed E-state index contributed by atoms with van der Waals surface area (Å²) in [5.41, 5.74) is 0.106. The van der Waals surface area contributed by atoms with Crippen molar-refractivity contribution >= 4 is 29.1 Å². The van der Waals surface area contributed by atoms with Crippen LogP contribution in [0.2, 0.25) is 0 Å². The van der Waals surface area contributed by atoms with Gasteiger partial charge in [-0.3, -0.25) is 9.59 Å². The van der Waals surface area contributed by atoms with Gasteiger partial charge in [-0.2, -0.15) is 0 Å². The molecule has 2 amide bonds. The Morgan fingerprint density at radius 2 is 2.19 bits per heavy atom. The number of nitrogens with zero attached hydrogens (tertiary/aromatic N) is 1. The Labute approximate surface area is 126 Å². The first-order valence-corrected chi connectivity index (χ1v) is 7.63. The quantitative estimate of drug-likeness (QED) is 0.754. The smallest absolute Gasteiger partial charge is 0.367 e. The van der Waals surface area contributed by atoms with Crippen LogP contribution < -0.4 is 10.6 Å². The van der Waals surface area contributed by atoms with Crippen LogP contribution in [0.3, 0.4) is 0 Å². The van der Waals surface area contributed by atoms with Crippen LogP contribution in [0.4, 0.5) is 0 Å². The third-order valence-corrected chi connectivity index (χ3v) is 3.67. The van der Waals surface area contributed by atoms with Crippen molar-refractivity contribution in [2.24, 2.45) is 0 Å². The van der Waals surface area contributed by atoms with Gasteiger partial charge < -0.3 is 15.4 Å². The van der Waals surface area contributed by atoms with E-state index in [0.717, 1.165) is 24.2 Å². The number of ether oxygens (including phenoxy) is 1. The minimum Gasteiger partial charge on any atom is -0.461 e. The molecule has 1 aromatic heterocycles. The van der Waals surface area contributed by atoms with Crippen molar-refractivity contribution in [1.82, 2.24) is 15.6 Å². The number of rotatable bonds is 6. The van der Waals surface area contributed by atoms with Gasteiger partial charge in [0.25, 0.3) is 5.91 Å². The summed E-state index contributed by atoms with van der Waals surface area (Å²) >= 11 is 1.04. The molecule has 1 aliphatic rings. The maximum atomic E-state index is 12.0. The maximum absolute atomic E-state index is 12.0. The highest BCUT2D eigenvalue weighted by atomic mass is 32.1. The molecule has 0 spiro atoms. The second-order valence-electron chi connectivity index (χ2n) is 4.74. The highest BCUT2D eigenvalue weighted by molar-refractivity contribution is 7.11. The minimum atomic E-state index is -0.647. The molecule has 1 saturated carbocycles. The van der Waals surface area contributed by atoms with Gasteiger partial charge in [0.1, 0.15) is 11.7 Å². The van der Waals surface area contributed by atoms with E-state index >= 15 is 0 Å². The number of nitrogens with one attached hydrogen (secondary N) is 2. The number of hydrogen-bond donors (Lipinski definition) is 2. The summed E-state index contributed by atoms with van der Waals surface area (Å²) < 4.78 is 4.80. The van der Waals surface area contributed by atoms with E-state index in [9.17, 15) is 14.4 Å². The SMILES string of the molecule is CCOC(=O)c1nc(C(=O)NC(C)C(=O)NC2CC2)cs1. The third kappa shape index (κ3) is 4.25. The Morgan fingerprint density at radius 1 is 1.48 bits per heavy atom. The van der Waals surface area contributed by atoms with Crippen molar-refractivity contribution in [2.45, 2.75) is 38.8 Å². The molecular weight excluding hydrogens is 294 g/mol. The van der Waals surface area contributed by atoms with E-state index in [0.29, 0.717) is 0 Å². The topological polar surface area (TPSA) is 97.4 Å². The summed E-state index contributed by atoms with van der Waals surface area (Å²) in [6.45, 7) is 3.55. The monoisotopic (exact) mass is 311 g/mol. The van der Waals surface area contributed by atoms with Crippen LogP contribution in [0, 0.1) is 0 Å². The largest absolute Gasteiger partial charge is 0.461 e. The number of thiazole rings is 1. The van der Waals surface area contributed by atoms with Gasteiger partial charge >= 0.3 is 5.97 Å². The van der Waals surface area contributed by atoms with Crippen molar-refractivity contribution < 1.29 is 19.1 Å². The van der Waals surface area contributed by atoms with Gasteiger partial charge in [0.15, 0.2) is 0 Å². The van der Waals surface area contributed by atoms with E-state index < -0.39 is 17.9 Å². The lowest BCUT2D eigenvalue weighted by Crippen LogP contribution is -2.45. The number of hydrogen-bond acceptors (Lipinski definition) is 6. The molecule has 1 aromatic rings. The second kappa shape index (κ2) is 6.66. The fourth-order valence-electron chi connectivity index (χ4n) is 1.55. The van der Waals surface area contributed by atoms with E-state index in [1.807, 2.05) is 0 Å². The van der Waals surface area contributed by atoms with Crippen molar-refractivity contribution in [1.29, 1.82) is 0 Å². The van der Waals surface area contributed by atoms with Gasteiger partial charge in [0, 0.05) is 11.4 Å². The Hall–Kier alpha value is -1.96. The summed E-state index contributed by atoms with van der Waals surface area (Å²) in [5.74, 6) is -1.26. The molecule has 8 heteroatoms. The first kappa shape index (κ1) is 15.4. The molecule has 0 radical (unpaired) electrons. The van der Waals surface area contributed by atoms with Crippen LogP contribution in [-0.4, -0.2) is 41.5 Å². The molecule has 1 aliphatic carbocycles. The molecule has 0 aliphatic heterocycles. The Bertz CT molecular complexity index is 553. The normalized spacial score (nSPS) is 15.1. The van der Waals surface area contributed by atoms with Crippen molar-refractivity contribution in [3.05, 3.63) is 16.1 Å². The molecule has 1 atom stereocenters. The van der Waals surface area contributed by atoms with Gasteiger partial charge in [-0.25, -0.2) is 9.78 Å². The lowest BCUT2D eigenvalue weighted by Gasteiger charge is -2.12. The Balaban J connectivity index is 1.90. The molecule has 1 fully saturated rings. The predicted octanol–water partition coefficient (Wildman–Crippen LogP) is 0.717. The van der Waals surface area contributed by atoms with Crippen molar-refractivity contribution in [2.75, 3.05) is 6.61 Å². The molecule has 0 bridgehead atoms. The summed E-state index contributed by atoms with van der Waals surface area (Å²) in [7, 11) is 0. The number of carbonyl (C=O) groups excluding carboxylic acids is 3. The molecule has 2 N–H and O–H groups in total. The van der Waals surface area contributed by atoms with E-state index in [-0.39, 0.29) is 29.3 Å². The molecule has 7 nitrogen and oxygen atoms in total. The standard InChI is InChI=1S/C13H17N3O4S/c1-3-20-13(19)12-16-9(6-21-12)11(18)14-7(2)10(17)15-8-4-5-8/h6-8H,3-5H2,1-2H3,(H,14,18)(H,15,17). The molecule has 1 heterocycles. The van der Waals surface area contributed by atoms with Crippen LogP contribution in [0.25, 0.3) is 0 Å². The minimum absolute atomic E-state index is 0.106. The van der Waals surface area contributed by atoms with Crippen LogP contribution in [0.15, 0.2) is 5.38 Å². The zero-order valence-corrected chi connectivity index (χ0v) is 12.7. The number of carbonyl (C=O) groups is 3. The second-order valence-corrected chi connectivity index (χ2v) is 5.59. The van der Waals surface area contributed by atoms with Gasteiger partial charge in [-0.15, -0.1) is 11.3 Å². The van der Waals surface area contributed by atoms with Crippen LogP contribution in [0.1, 0.15) is 47.0 Å². The van der Waals surface area contributed by atoms with Crippen molar-refractivity contribution in [3.63, 3.8) is 0 Å². The summed E-state index contributed by atoms with van der Waals surface area (Å²) in [4.78, 5) is 39.1. The highest BCUT2D eigenvalue weighted by Gasteiger charge is 2.27. The van der Waals surface area contributed by atoms with Gasteiger partial charge in [-0.05, 0) is 26.7 Å². The van der Waals surface area contributed by atoms with Crippen molar-refractivity contribution in [3.8, 4) is 0 Å². The first-order chi connectivity index (χ1) is 10.0. The fourth-order valence-corrected chi connectivity index (χ4v) is 2.24. The summed E-state index contributed by atoms with van der Waals surface area (Å²) in [6, 6.07) is -0.405. The maximum Gasteiger partial charge on any atom is 0.367 e. The zero-order chi connectivity index (χ0) is 15.4. The number of aromatic nitrogens is 1. The average molecular weight is 311 g/mol. The molecule has 114 valence electrons. The highest BCUT2D eigenvalue weighted by Crippen LogP contribution is 2.18. The molecule has 21 heavy (non-hydrogen) atoms. The van der Waals surface area contributed by atoms with E-state index in [1.54, 1.807) is 13.8 Å². The number of esters is 1. The molecule has 0 saturated heterocycles. The van der Waals surface area contributed by atoms with Gasteiger partial charge in [0.2, 0.25) is 10.9 Å². The third-order valence-electron chi connectivity index (χ3n) is 2.85. The van der Waals surface area contributed by atoms with E-state index in [1.165, 1.54) is 5.38 Å². The zero-order valence-electron chi connectivity index (χ0n) is 11.8. The van der Waals surface area contributed by atoms with Crippen LogP contribution >= 0.6 is 11.3 Å². The van der Waals surface area contributed by atoms with E-state index in [2.05, 4.69) is 15.6 Å². The van der Waals surface area contributed by atoms with Crippen LogP contribution in [-0.2, 0) is 9.53 Å². The molecular formula is C13H17N3O4S. The molecule has 1 unspecified atom stereocenters. The lowest BCUT2D eigenvalue weighted by atomic mass is 10.3. The predicted molar refractivity (Wildman–Crippen MR) is 76.2 cm³/mol. The van der Waals surface area contributed by atoms with Crippen LogP contribution in [0.5, 0.6) is 0 Å². The molecule has 2 rings (SSSR count). The Morgan fingerprint density at radius 3 is 2.81 bits per heavy atom. The van der Waals surface area contributed by atoms with E-state index in [4.69, 9.17) is 4.74 Å².